The van der Waals surface area contributed by atoms with Gasteiger partial charge >= 0.3 is 0 Å². The van der Waals surface area contributed by atoms with Gasteiger partial charge in [0.25, 0.3) is 0 Å². The van der Waals surface area contributed by atoms with Crippen molar-refractivity contribution in [3.8, 4) is 44.5 Å². The molecule has 0 fully saturated rings. The van der Waals surface area contributed by atoms with Crippen LogP contribution in [0.15, 0.2) is 140 Å². The monoisotopic (exact) mass is 488 g/mol. The fourth-order valence-electron chi connectivity index (χ4n) is 5.14. The summed E-state index contributed by atoms with van der Waals surface area (Å²) in [5, 5.41) is 0. The van der Waals surface area contributed by atoms with Gasteiger partial charge < -0.3 is 0 Å². The third-order valence-corrected chi connectivity index (χ3v) is 7.14. The van der Waals surface area contributed by atoms with Gasteiger partial charge in [0.1, 0.15) is 0 Å². The molecule has 6 rings (SSSR count). The SMILES string of the molecule is C/C=C\C=C/C=[N+]1c2ccc(-c3ccccc3)cc2-c2cc(-c3cccc(-c4ccc(C)cc4)c3)ccc21. The molecule has 5 aromatic rings. The van der Waals surface area contributed by atoms with Gasteiger partial charge in [0.05, 0.1) is 11.1 Å². The lowest BCUT2D eigenvalue weighted by Gasteiger charge is -2.08. The van der Waals surface area contributed by atoms with Gasteiger partial charge in [-0.05, 0) is 77.6 Å². The fraction of sp³-hybridized carbons (Fsp3) is 0.0541. The Morgan fingerprint density at radius 3 is 1.66 bits per heavy atom. The molecular weight excluding hydrogens is 458 g/mol. The molecule has 0 saturated carbocycles. The topological polar surface area (TPSA) is 3.01 Å². The Hall–Kier alpha value is -4.75. The number of allylic oxidation sites excluding steroid dienone is 4. The quantitative estimate of drug-likeness (QED) is 0.168. The summed E-state index contributed by atoms with van der Waals surface area (Å²) in [6, 6.07) is 41.9. The minimum Gasteiger partial charge on any atom is -0.159 e. The second-order valence-electron chi connectivity index (χ2n) is 9.71. The summed E-state index contributed by atoms with van der Waals surface area (Å²) in [5.74, 6) is 0. The molecule has 38 heavy (non-hydrogen) atoms. The van der Waals surface area contributed by atoms with Gasteiger partial charge in [-0.3, -0.25) is 0 Å². The molecule has 182 valence electrons. The standard InChI is InChI=1S/C37H30N/c1-3-4-5-9-23-38-36-21-19-32(28-11-7-6-8-12-28)25-34(36)35-26-33(20-22-37(35)38)31-14-10-13-30(24-31)29-17-15-27(2)16-18-29/h3-26H,1-2H3/q+1/b4-3-,9-5-,38-23?. The van der Waals surface area contributed by atoms with Crippen molar-refractivity contribution in [1.29, 1.82) is 0 Å². The molecule has 1 aliphatic rings. The van der Waals surface area contributed by atoms with Crippen LogP contribution in [0.5, 0.6) is 0 Å². The minimum atomic E-state index is 1.20. The predicted molar refractivity (Wildman–Crippen MR) is 164 cm³/mol. The number of fused-ring (bicyclic) bond motifs is 3. The first-order chi connectivity index (χ1) is 18.7. The van der Waals surface area contributed by atoms with E-state index in [0.29, 0.717) is 0 Å². The molecule has 0 atom stereocenters. The van der Waals surface area contributed by atoms with Crippen LogP contribution >= 0.6 is 0 Å². The zero-order valence-corrected chi connectivity index (χ0v) is 21.8. The van der Waals surface area contributed by atoms with E-state index >= 15 is 0 Å². The van der Waals surface area contributed by atoms with E-state index in [1.165, 1.54) is 61.4 Å². The van der Waals surface area contributed by atoms with Crippen LogP contribution in [0, 0.1) is 6.92 Å². The fourth-order valence-corrected chi connectivity index (χ4v) is 5.14. The maximum absolute atomic E-state index is 2.35. The first kappa shape index (κ1) is 23.6. The average Bonchev–Trinajstić information content (AvgIpc) is 3.28. The summed E-state index contributed by atoms with van der Waals surface area (Å²) in [5.41, 5.74) is 13.6. The second kappa shape index (κ2) is 10.3. The molecule has 0 unspecified atom stereocenters. The van der Waals surface area contributed by atoms with E-state index in [1.54, 1.807) is 0 Å². The number of aryl methyl sites for hydroxylation is 1. The number of hydrogen-bond donors (Lipinski definition) is 0. The Labute approximate surface area is 225 Å². The lowest BCUT2D eigenvalue weighted by atomic mass is 9.95. The zero-order valence-electron chi connectivity index (χ0n) is 21.8. The molecule has 0 aliphatic carbocycles. The Morgan fingerprint density at radius 1 is 0.474 bits per heavy atom. The van der Waals surface area contributed by atoms with Crippen molar-refractivity contribution in [2.45, 2.75) is 13.8 Å². The van der Waals surface area contributed by atoms with Gasteiger partial charge in [-0.2, -0.15) is 4.58 Å². The van der Waals surface area contributed by atoms with Gasteiger partial charge in [0, 0.05) is 18.2 Å². The van der Waals surface area contributed by atoms with Crippen LogP contribution in [0.3, 0.4) is 0 Å². The Balaban J connectivity index is 1.47. The number of nitrogens with zero attached hydrogens (tertiary/aromatic N) is 1. The van der Waals surface area contributed by atoms with Gasteiger partial charge in [-0.25, -0.2) is 0 Å². The Bertz CT molecular complexity index is 1700. The summed E-state index contributed by atoms with van der Waals surface area (Å²) in [6.07, 6.45) is 10.4. The third-order valence-electron chi connectivity index (χ3n) is 7.14. The summed E-state index contributed by atoms with van der Waals surface area (Å²) in [7, 11) is 0. The van der Waals surface area contributed by atoms with E-state index in [0.717, 1.165) is 0 Å². The van der Waals surface area contributed by atoms with Crippen molar-refractivity contribution >= 4 is 17.6 Å². The highest BCUT2D eigenvalue weighted by Crippen LogP contribution is 2.47. The molecule has 0 amide bonds. The highest BCUT2D eigenvalue weighted by Gasteiger charge is 2.31. The molecule has 0 saturated heterocycles. The molecule has 1 nitrogen and oxygen atoms in total. The van der Waals surface area contributed by atoms with Gasteiger partial charge in [0.15, 0.2) is 6.21 Å². The molecule has 0 aromatic heterocycles. The highest BCUT2D eigenvalue weighted by molar-refractivity contribution is 6.00. The van der Waals surface area contributed by atoms with Crippen molar-refractivity contribution in [3.63, 3.8) is 0 Å². The molecule has 0 N–H and O–H groups in total. The van der Waals surface area contributed by atoms with E-state index in [1.807, 2.05) is 13.0 Å². The van der Waals surface area contributed by atoms with E-state index in [9.17, 15) is 0 Å². The highest BCUT2D eigenvalue weighted by atomic mass is 15.0. The van der Waals surface area contributed by atoms with Gasteiger partial charge in [-0.15, -0.1) is 0 Å². The summed E-state index contributed by atoms with van der Waals surface area (Å²) in [4.78, 5) is 0. The minimum absolute atomic E-state index is 1.20. The molecule has 0 radical (unpaired) electrons. The van der Waals surface area contributed by atoms with Crippen LogP contribution in [-0.4, -0.2) is 6.21 Å². The molecule has 1 aliphatic heterocycles. The maximum Gasteiger partial charge on any atom is 0.219 e. The summed E-state index contributed by atoms with van der Waals surface area (Å²) >= 11 is 0. The lowest BCUT2D eigenvalue weighted by molar-refractivity contribution is 1.14. The first-order valence-corrected chi connectivity index (χ1v) is 13.1. The molecule has 5 aromatic carbocycles. The van der Waals surface area contributed by atoms with E-state index in [2.05, 4.69) is 151 Å². The largest absolute Gasteiger partial charge is 0.219 e. The van der Waals surface area contributed by atoms with Crippen LogP contribution in [0.4, 0.5) is 11.4 Å². The van der Waals surface area contributed by atoms with Crippen LogP contribution < -0.4 is 4.58 Å². The maximum atomic E-state index is 2.35. The normalized spacial score (nSPS) is 13.4. The van der Waals surface area contributed by atoms with Crippen molar-refractivity contribution < 1.29 is 0 Å². The third kappa shape index (κ3) is 4.55. The molecule has 0 bridgehead atoms. The van der Waals surface area contributed by atoms with Crippen molar-refractivity contribution in [1.82, 2.24) is 4.58 Å². The van der Waals surface area contributed by atoms with Crippen molar-refractivity contribution in [2.75, 3.05) is 0 Å². The smallest absolute Gasteiger partial charge is 0.159 e. The predicted octanol–water partition coefficient (Wildman–Crippen LogP) is 10.0. The van der Waals surface area contributed by atoms with Crippen LogP contribution in [0.25, 0.3) is 44.5 Å². The van der Waals surface area contributed by atoms with E-state index in [4.69, 9.17) is 0 Å². The number of rotatable bonds is 5. The van der Waals surface area contributed by atoms with Crippen LogP contribution in [-0.2, 0) is 0 Å². The van der Waals surface area contributed by atoms with E-state index < -0.39 is 0 Å². The lowest BCUT2D eigenvalue weighted by Crippen LogP contribution is -2.00. The number of benzene rings is 5. The number of hydrogen-bond acceptors (Lipinski definition) is 0. The van der Waals surface area contributed by atoms with Crippen molar-refractivity contribution in [3.05, 3.63) is 145 Å². The average molecular weight is 489 g/mol. The van der Waals surface area contributed by atoms with Crippen molar-refractivity contribution in [2.24, 2.45) is 0 Å². The molecule has 1 heteroatoms. The summed E-state index contributed by atoms with van der Waals surface area (Å²) < 4.78 is 2.30. The van der Waals surface area contributed by atoms with Crippen LogP contribution in [0.1, 0.15) is 12.5 Å². The first-order valence-electron chi connectivity index (χ1n) is 13.1. The van der Waals surface area contributed by atoms with Gasteiger partial charge in [0.2, 0.25) is 11.4 Å². The van der Waals surface area contributed by atoms with Crippen LogP contribution in [0.2, 0.25) is 0 Å². The Morgan fingerprint density at radius 2 is 1.00 bits per heavy atom. The molecule has 1 heterocycles. The summed E-state index contributed by atoms with van der Waals surface area (Å²) in [6.45, 7) is 4.16. The van der Waals surface area contributed by atoms with E-state index in [-0.39, 0.29) is 0 Å². The second-order valence-corrected chi connectivity index (χ2v) is 9.71. The zero-order chi connectivity index (χ0) is 25.9. The van der Waals surface area contributed by atoms with Gasteiger partial charge in [-0.1, -0.05) is 96.6 Å². The molecule has 0 spiro atoms. The Kier molecular flexibility index (Phi) is 6.42. The molecular formula is C37H30N+.